The van der Waals surface area contributed by atoms with Gasteiger partial charge in [-0.05, 0) is 78.6 Å². The summed E-state index contributed by atoms with van der Waals surface area (Å²) in [5, 5.41) is 3.17. The summed E-state index contributed by atoms with van der Waals surface area (Å²) in [7, 11) is 0. The standard InChI is InChI=1S/C25H31IN2O3/c1-3-23(25(30)27-21-6-4-5-7-21)28(16-19-10-8-18(2)9-11-19)24(29)17-31-22-14-12-20(26)13-15-22/h8-15,21,23H,3-7,16-17H2,1-2H3,(H,27,30)/t23-/m0/s1. The number of carbonyl (C=O) groups is 2. The van der Waals surface area contributed by atoms with Crippen LogP contribution in [0.2, 0.25) is 0 Å². The van der Waals surface area contributed by atoms with E-state index >= 15 is 0 Å². The van der Waals surface area contributed by atoms with E-state index in [4.69, 9.17) is 4.74 Å². The summed E-state index contributed by atoms with van der Waals surface area (Å²) in [5.41, 5.74) is 2.16. The maximum atomic E-state index is 13.2. The topological polar surface area (TPSA) is 58.6 Å². The van der Waals surface area contributed by atoms with Crippen molar-refractivity contribution in [3.05, 3.63) is 63.2 Å². The number of nitrogens with one attached hydrogen (secondary N) is 1. The molecule has 0 aromatic heterocycles. The molecule has 0 unspecified atom stereocenters. The third kappa shape index (κ3) is 6.95. The molecule has 0 heterocycles. The maximum absolute atomic E-state index is 13.2. The zero-order chi connectivity index (χ0) is 22.2. The smallest absolute Gasteiger partial charge is 0.261 e. The Morgan fingerprint density at radius 1 is 1.10 bits per heavy atom. The lowest BCUT2D eigenvalue weighted by molar-refractivity contribution is -0.143. The number of hydrogen-bond acceptors (Lipinski definition) is 3. The van der Waals surface area contributed by atoms with Gasteiger partial charge in [0.15, 0.2) is 6.61 Å². The third-order valence-electron chi connectivity index (χ3n) is 5.74. The molecule has 1 fully saturated rings. The molecule has 2 aromatic rings. The van der Waals surface area contributed by atoms with E-state index in [1.54, 1.807) is 4.90 Å². The third-order valence-corrected chi connectivity index (χ3v) is 6.46. The molecule has 1 atom stereocenters. The Hall–Kier alpha value is -2.09. The van der Waals surface area contributed by atoms with Crippen molar-refractivity contribution in [2.24, 2.45) is 0 Å². The largest absolute Gasteiger partial charge is 0.484 e. The summed E-state index contributed by atoms with van der Waals surface area (Å²) < 4.78 is 6.85. The minimum absolute atomic E-state index is 0.0656. The molecular weight excluding hydrogens is 503 g/mol. The van der Waals surface area contributed by atoms with Crippen LogP contribution >= 0.6 is 22.6 Å². The van der Waals surface area contributed by atoms with Crippen LogP contribution in [0.25, 0.3) is 0 Å². The Labute approximate surface area is 198 Å². The summed E-state index contributed by atoms with van der Waals surface area (Å²) >= 11 is 2.23. The summed E-state index contributed by atoms with van der Waals surface area (Å²) in [6.07, 6.45) is 4.89. The molecule has 1 saturated carbocycles. The number of ether oxygens (including phenoxy) is 1. The number of rotatable bonds is 9. The van der Waals surface area contributed by atoms with E-state index < -0.39 is 6.04 Å². The number of nitrogens with zero attached hydrogens (tertiary/aromatic N) is 1. The average molecular weight is 534 g/mol. The van der Waals surface area contributed by atoms with Crippen molar-refractivity contribution >= 4 is 34.4 Å². The molecule has 31 heavy (non-hydrogen) atoms. The van der Waals surface area contributed by atoms with Crippen molar-refractivity contribution in [2.75, 3.05) is 6.61 Å². The first-order valence-electron chi connectivity index (χ1n) is 11.0. The molecule has 1 aliphatic rings. The first kappa shape index (κ1) is 23.6. The van der Waals surface area contributed by atoms with Crippen molar-refractivity contribution in [3.8, 4) is 5.75 Å². The molecular formula is C25H31IN2O3. The van der Waals surface area contributed by atoms with E-state index in [1.807, 2.05) is 62.4 Å². The van der Waals surface area contributed by atoms with Gasteiger partial charge >= 0.3 is 0 Å². The highest BCUT2D eigenvalue weighted by atomic mass is 127. The second kappa shape index (κ2) is 11.5. The Balaban J connectivity index is 1.74. The summed E-state index contributed by atoms with van der Waals surface area (Å²) in [6, 6.07) is 15.4. The van der Waals surface area contributed by atoms with Gasteiger partial charge in [-0.15, -0.1) is 0 Å². The van der Waals surface area contributed by atoms with Gasteiger partial charge in [0.25, 0.3) is 5.91 Å². The van der Waals surface area contributed by atoms with E-state index in [1.165, 1.54) is 0 Å². The monoisotopic (exact) mass is 534 g/mol. The van der Waals surface area contributed by atoms with Crippen LogP contribution in [0.15, 0.2) is 48.5 Å². The van der Waals surface area contributed by atoms with E-state index in [0.29, 0.717) is 18.7 Å². The number of hydrogen-bond donors (Lipinski definition) is 1. The average Bonchev–Trinajstić information content (AvgIpc) is 3.27. The first-order valence-corrected chi connectivity index (χ1v) is 12.1. The molecule has 1 N–H and O–H groups in total. The molecule has 3 rings (SSSR count). The van der Waals surface area contributed by atoms with Gasteiger partial charge in [-0.25, -0.2) is 0 Å². The Bertz CT molecular complexity index is 861. The molecule has 6 heteroatoms. The van der Waals surface area contributed by atoms with Crippen LogP contribution in [0.3, 0.4) is 0 Å². The van der Waals surface area contributed by atoms with Crippen molar-refractivity contribution < 1.29 is 14.3 Å². The normalized spacial score (nSPS) is 14.8. The van der Waals surface area contributed by atoms with Crippen molar-refractivity contribution in [1.82, 2.24) is 10.2 Å². The highest BCUT2D eigenvalue weighted by molar-refractivity contribution is 14.1. The van der Waals surface area contributed by atoms with Crippen LogP contribution in [-0.4, -0.2) is 35.4 Å². The van der Waals surface area contributed by atoms with E-state index in [2.05, 4.69) is 27.9 Å². The van der Waals surface area contributed by atoms with Crippen LogP contribution in [0.1, 0.15) is 50.2 Å². The lowest BCUT2D eigenvalue weighted by Crippen LogP contribution is -2.52. The fourth-order valence-electron chi connectivity index (χ4n) is 3.94. The zero-order valence-electron chi connectivity index (χ0n) is 18.3. The molecule has 0 saturated heterocycles. The fourth-order valence-corrected chi connectivity index (χ4v) is 4.30. The number of carbonyl (C=O) groups excluding carboxylic acids is 2. The van der Waals surface area contributed by atoms with E-state index in [9.17, 15) is 9.59 Å². The SMILES string of the molecule is CC[C@@H](C(=O)NC1CCCC1)N(Cc1ccc(C)cc1)C(=O)COc1ccc(I)cc1. The van der Waals surface area contributed by atoms with E-state index in [-0.39, 0.29) is 24.5 Å². The van der Waals surface area contributed by atoms with Gasteiger partial charge in [-0.3, -0.25) is 9.59 Å². The molecule has 1 aliphatic carbocycles. The van der Waals surface area contributed by atoms with Crippen molar-refractivity contribution in [3.63, 3.8) is 0 Å². The molecule has 0 radical (unpaired) electrons. The summed E-state index contributed by atoms with van der Waals surface area (Å²) in [5.74, 6) is 0.393. The lowest BCUT2D eigenvalue weighted by Gasteiger charge is -2.31. The second-order valence-corrected chi connectivity index (χ2v) is 9.41. The number of benzene rings is 2. The summed E-state index contributed by atoms with van der Waals surface area (Å²) in [4.78, 5) is 28.0. The molecule has 0 bridgehead atoms. The van der Waals surface area contributed by atoms with Crippen LogP contribution < -0.4 is 10.1 Å². The molecule has 5 nitrogen and oxygen atoms in total. The van der Waals surface area contributed by atoms with E-state index in [0.717, 1.165) is 40.4 Å². The van der Waals surface area contributed by atoms with Gasteiger partial charge in [0.05, 0.1) is 0 Å². The van der Waals surface area contributed by atoms with Gasteiger partial charge in [-0.2, -0.15) is 0 Å². The first-order chi connectivity index (χ1) is 15.0. The highest BCUT2D eigenvalue weighted by Crippen LogP contribution is 2.20. The van der Waals surface area contributed by atoms with Crippen LogP contribution in [0.4, 0.5) is 0 Å². The van der Waals surface area contributed by atoms with Crippen molar-refractivity contribution in [1.29, 1.82) is 0 Å². The van der Waals surface area contributed by atoms with Crippen LogP contribution in [-0.2, 0) is 16.1 Å². The van der Waals surface area contributed by atoms with Gasteiger partial charge in [0.1, 0.15) is 11.8 Å². The second-order valence-electron chi connectivity index (χ2n) is 8.16. The van der Waals surface area contributed by atoms with Gasteiger partial charge < -0.3 is 15.0 Å². The quantitative estimate of drug-likeness (QED) is 0.469. The predicted octanol–water partition coefficient (Wildman–Crippen LogP) is 4.84. The lowest BCUT2D eigenvalue weighted by atomic mass is 10.1. The minimum atomic E-state index is -0.519. The highest BCUT2D eigenvalue weighted by Gasteiger charge is 2.30. The molecule has 2 amide bonds. The molecule has 0 spiro atoms. The Kier molecular flexibility index (Phi) is 8.75. The molecule has 166 valence electrons. The molecule has 0 aliphatic heterocycles. The van der Waals surface area contributed by atoms with Gasteiger partial charge in [-0.1, -0.05) is 49.6 Å². The van der Waals surface area contributed by atoms with Crippen molar-refractivity contribution in [2.45, 2.75) is 64.6 Å². The minimum Gasteiger partial charge on any atom is -0.484 e. The number of amides is 2. The van der Waals surface area contributed by atoms with Crippen LogP contribution in [0, 0.1) is 10.5 Å². The Morgan fingerprint density at radius 3 is 2.35 bits per heavy atom. The molecule has 2 aromatic carbocycles. The number of halogens is 1. The van der Waals surface area contributed by atoms with Gasteiger partial charge in [0, 0.05) is 16.2 Å². The summed E-state index contributed by atoms with van der Waals surface area (Å²) in [6.45, 7) is 4.27. The zero-order valence-corrected chi connectivity index (χ0v) is 20.4. The van der Waals surface area contributed by atoms with Crippen LogP contribution in [0.5, 0.6) is 5.75 Å². The predicted molar refractivity (Wildman–Crippen MR) is 131 cm³/mol. The number of aryl methyl sites for hydroxylation is 1. The van der Waals surface area contributed by atoms with Gasteiger partial charge in [0.2, 0.25) is 5.91 Å². The fraction of sp³-hybridized carbons (Fsp3) is 0.440. The Morgan fingerprint density at radius 2 is 1.74 bits per heavy atom. The maximum Gasteiger partial charge on any atom is 0.261 e.